The lowest BCUT2D eigenvalue weighted by atomic mass is 10.2. The van der Waals surface area contributed by atoms with Crippen molar-refractivity contribution in [2.45, 2.75) is 13.8 Å². The highest BCUT2D eigenvalue weighted by Crippen LogP contribution is 2.21. The van der Waals surface area contributed by atoms with Gasteiger partial charge in [-0.2, -0.15) is 0 Å². The first-order valence-corrected chi connectivity index (χ1v) is 4.84. The standard InChI is InChI=1S/C10H13N3O3/c1-3-11-10(14)12-8-4-5-9(13(15)16)7(2)6-8/h4-6H,3H2,1-2H3,(H2,11,12,14). The molecule has 0 saturated carbocycles. The molecule has 0 spiro atoms. The Morgan fingerprint density at radius 3 is 2.69 bits per heavy atom. The molecule has 0 fully saturated rings. The third kappa shape index (κ3) is 2.94. The minimum absolute atomic E-state index is 0.0430. The molecule has 0 bridgehead atoms. The van der Waals surface area contributed by atoms with E-state index in [1.807, 2.05) is 0 Å². The minimum atomic E-state index is -0.453. The van der Waals surface area contributed by atoms with Crippen LogP contribution in [0.25, 0.3) is 0 Å². The number of nitrogens with one attached hydrogen (secondary N) is 2. The fourth-order valence-corrected chi connectivity index (χ4v) is 1.27. The molecule has 0 saturated heterocycles. The number of amides is 2. The second-order valence-corrected chi connectivity index (χ2v) is 3.24. The summed E-state index contributed by atoms with van der Waals surface area (Å²) in [6.07, 6.45) is 0. The fraction of sp³-hybridized carbons (Fsp3) is 0.300. The van der Waals surface area contributed by atoms with Crippen LogP contribution >= 0.6 is 0 Å². The maximum atomic E-state index is 11.2. The van der Waals surface area contributed by atoms with E-state index in [1.165, 1.54) is 12.1 Å². The van der Waals surface area contributed by atoms with E-state index < -0.39 is 4.92 Å². The van der Waals surface area contributed by atoms with Crippen molar-refractivity contribution in [2.75, 3.05) is 11.9 Å². The number of rotatable bonds is 3. The molecule has 0 aliphatic heterocycles. The quantitative estimate of drug-likeness (QED) is 0.607. The molecule has 6 heteroatoms. The average molecular weight is 223 g/mol. The number of nitro groups is 1. The molecule has 1 rings (SSSR count). The van der Waals surface area contributed by atoms with Crippen LogP contribution in [0.2, 0.25) is 0 Å². The number of hydrogen-bond acceptors (Lipinski definition) is 3. The van der Waals surface area contributed by atoms with Gasteiger partial charge >= 0.3 is 6.03 Å². The Labute approximate surface area is 92.8 Å². The summed E-state index contributed by atoms with van der Waals surface area (Å²) in [6, 6.07) is 4.11. The van der Waals surface area contributed by atoms with Crippen molar-refractivity contribution in [3.63, 3.8) is 0 Å². The molecule has 6 nitrogen and oxygen atoms in total. The van der Waals surface area contributed by atoms with Crippen LogP contribution in [0, 0.1) is 17.0 Å². The van der Waals surface area contributed by atoms with Crippen LogP contribution in [0.5, 0.6) is 0 Å². The normalized spacial score (nSPS) is 9.62. The molecule has 16 heavy (non-hydrogen) atoms. The first-order valence-electron chi connectivity index (χ1n) is 4.84. The average Bonchev–Trinajstić information content (AvgIpc) is 2.17. The number of hydrogen-bond donors (Lipinski definition) is 2. The van der Waals surface area contributed by atoms with Crippen LogP contribution in [-0.4, -0.2) is 17.5 Å². The van der Waals surface area contributed by atoms with Crippen molar-refractivity contribution in [1.29, 1.82) is 0 Å². The largest absolute Gasteiger partial charge is 0.338 e. The van der Waals surface area contributed by atoms with Gasteiger partial charge in [0.05, 0.1) is 4.92 Å². The smallest absolute Gasteiger partial charge is 0.319 e. The maximum absolute atomic E-state index is 11.2. The topological polar surface area (TPSA) is 84.3 Å². The molecule has 0 aliphatic rings. The van der Waals surface area contributed by atoms with Crippen LogP contribution in [0.4, 0.5) is 16.2 Å². The Morgan fingerprint density at radius 1 is 1.50 bits per heavy atom. The van der Waals surface area contributed by atoms with Gasteiger partial charge in [0, 0.05) is 23.9 Å². The van der Waals surface area contributed by atoms with E-state index in [9.17, 15) is 14.9 Å². The summed E-state index contributed by atoms with van der Waals surface area (Å²) in [5.74, 6) is 0. The second-order valence-electron chi connectivity index (χ2n) is 3.24. The first kappa shape index (κ1) is 12.0. The van der Waals surface area contributed by atoms with Gasteiger partial charge in [-0.3, -0.25) is 10.1 Å². The molecule has 0 atom stereocenters. The SMILES string of the molecule is CCNC(=O)Nc1ccc([N+](=O)[O-])c(C)c1. The molecule has 1 aromatic carbocycles. The van der Waals surface area contributed by atoms with E-state index in [0.29, 0.717) is 17.8 Å². The molecule has 2 N–H and O–H groups in total. The van der Waals surface area contributed by atoms with E-state index in [2.05, 4.69) is 10.6 Å². The molecule has 0 radical (unpaired) electrons. The van der Waals surface area contributed by atoms with Gasteiger partial charge < -0.3 is 10.6 Å². The summed E-state index contributed by atoms with van der Waals surface area (Å²) in [4.78, 5) is 21.3. The predicted molar refractivity (Wildman–Crippen MR) is 60.5 cm³/mol. The summed E-state index contributed by atoms with van der Waals surface area (Å²) in [5, 5.41) is 15.7. The van der Waals surface area contributed by atoms with Crippen molar-refractivity contribution >= 4 is 17.4 Å². The molecule has 0 heterocycles. The van der Waals surface area contributed by atoms with Gasteiger partial charge in [0.1, 0.15) is 0 Å². The van der Waals surface area contributed by atoms with E-state index in [1.54, 1.807) is 19.9 Å². The van der Waals surface area contributed by atoms with Gasteiger partial charge in [0.25, 0.3) is 5.69 Å². The van der Waals surface area contributed by atoms with Gasteiger partial charge in [-0.25, -0.2) is 4.79 Å². The van der Waals surface area contributed by atoms with Gasteiger partial charge in [0.15, 0.2) is 0 Å². The first-order chi connectivity index (χ1) is 7.54. The number of anilines is 1. The minimum Gasteiger partial charge on any atom is -0.338 e. The zero-order chi connectivity index (χ0) is 12.1. The van der Waals surface area contributed by atoms with E-state index in [0.717, 1.165) is 0 Å². The summed E-state index contributed by atoms with van der Waals surface area (Å²) < 4.78 is 0. The highest BCUT2D eigenvalue weighted by Gasteiger charge is 2.10. The number of benzene rings is 1. The van der Waals surface area contributed by atoms with Crippen molar-refractivity contribution in [3.8, 4) is 0 Å². The monoisotopic (exact) mass is 223 g/mol. The third-order valence-corrected chi connectivity index (χ3v) is 1.99. The van der Waals surface area contributed by atoms with Crippen LogP contribution < -0.4 is 10.6 Å². The summed E-state index contributed by atoms with van der Waals surface area (Å²) in [6.45, 7) is 3.96. The number of urea groups is 1. The van der Waals surface area contributed by atoms with Crippen molar-refractivity contribution in [3.05, 3.63) is 33.9 Å². The highest BCUT2D eigenvalue weighted by molar-refractivity contribution is 5.89. The Kier molecular flexibility index (Phi) is 3.82. The number of nitro benzene ring substituents is 1. The Bertz CT molecular complexity index is 418. The summed E-state index contributed by atoms with van der Waals surface area (Å²) in [7, 11) is 0. The summed E-state index contributed by atoms with van der Waals surface area (Å²) >= 11 is 0. The van der Waals surface area contributed by atoms with Crippen LogP contribution in [0.1, 0.15) is 12.5 Å². The van der Waals surface area contributed by atoms with E-state index in [4.69, 9.17) is 0 Å². The van der Waals surface area contributed by atoms with Crippen LogP contribution in [-0.2, 0) is 0 Å². The zero-order valence-corrected chi connectivity index (χ0v) is 9.11. The molecule has 0 aromatic heterocycles. The maximum Gasteiger partial charge on any atom is 0.319 e. The van der Waals surface area contributed by atoms with Gasteiger partial charge in [-0.05, 0) is 26.0 Å². The molecular formula is C10H13N3O3. The number of carbonyl (C=O) groups is 1. The van der Waals surface area contributed by atoms with E-state index in [-0.39, 0.29) is 11.7 Å². The lowest BCUT2D eigenvalue weighted by Gasteiger charge is -2.06. The zero-order valence-electron chi connectivity index (χ0n) is 9.11. The highest BCUT2D eigenvalue weighted by atomic mass is 16.6. The van der Waals surface area contributed by atoms with Gasteiger partial charge in [0.2, 0.25) is 0 Å². The third-order valence-electron chi connectivity index (χ3n) is 1.99. The Hall–Kier alpha value is -2.11. The van der Waals surface area contributed by atoms with Crippen molar-refractivity contribution in [2.24, 2.45) is 0 Å². The molecule has 1 aromatic rings. The number of nitrogens with zero attached hydrogens (tertiary/aromatic N) is 1. The van der Waals surface area contributed by atoms with E-state index >= 15 is 0 Å². The lowest BCUT2D eigenvalue weighted by molar-refractivity contribution is -0.385. The van der Waals surface area contributed by atoms with Crippen molar-refractivity contribution < 1.29 is 9.72 Å². The van der Waals surface area contributed by atoms with Crippen LogP contribution in [0.3, 0.4) is 0 Å². The van der Waals surface area contributed by atoms with Crippen molar-refractivity contribution in [1.82, 2.24) is 5.32 Å². The molecule has 86 valence electrons. The predicted octanol–water partition coefficient (Wildman–Crippen LogP) is 2.04. The molecular weight excluding hydrogens is 210 g/mol. The second kappa shape index (κ2) is 5.11. The van der Waals surface area contributed by atoms with Crippen LogP contribution in [0.15, 0.2) is 18.2 Å². The molecule has 2 amide bonds. The summed E-state index contributed by atoms with van der Waals surface area (Å²) in [5.41, 5.74) is 1.09. The van der Waals surface area contributed by atoms with Gasteiger partial charge in [-0.15, -0.1) is 0 Å². The van der Waals surface area contributed by atoms with Gasteiger partial charge in [-0.1, -0.05) is 0 Å². The molecule has 0 unspecified atom stereocenters. The number of carbonyl (C=O) groups excluding carboxylic acids is 1. The number of aryl methyl sites for hydroxylation is 1. The fourth-order valence-electron chi connectivity index (χ4n) is 1.27. The molecule has 0 aliphatic carbocycles. The Morgan fingerprint density at radius 2 is 2.19 bits per heavy atom. The lowest BCUT2D eigenvalue weighted by Crippen LogP contribution is -2.28. The Balaban J connectivity index is 2.81.